The van der Waals surface area contributed by atoms with Gasteiger partial charge in [-0.2, -0.15) is 0 Å². The van der Waals surface area contributed by atoms with Gasteiger partial charge in [0, 0.05) is 25.0 Å². The molecule has 0 saturated heterocycles. The van der Waals surface area contributed by atoms with Gasteiger partial charge in [-0.25, -0.2) is 9.78 Å². The van der Waals surface area contributed by atoms with Crippen LogP contribution >= 0.6 is 0 Å². The molecule has 2 aromatic carbocycles. The maximum absolute atomic E-state index is 12.7. The van der Waals surface area contributed by atoms with Gasteiger partial charge in [0.1, 0.15) is 24.2 Å². The van der Waals surface area contributed by atoms with E-state index in [2.05, 4.69) is 15.6 Å². The van der Waals surface area contributed by atoms with Crippen LogP contribution in [0.1, 0.15) is 12.5 Å². The number of benzene rings is 2. The van der Waals surface area contributed by atoms with Crippen LogP contribution in [0.2, 0.25) is 0 Å². The second-order valence-electron chi connectivity index (χ2n) is 7.08. The van der Waals surface area contributed by atoms with Crippen LogP contribution in [-0.2, 0) is 27.3 Å². The molecule has 1 aromatic heterocycles. The van der Waals surface area contributed by atoms with Gasteiger partial charge in [0.15, 0.2) is 0 Å². The maximum atomic E-state index is 12.7. The number of anilines is 1. The molecule has 1 atom stereocenters. The Hall–Kier alpha value is -4.27. The number of rotatable bonds is 8. The Morgan fingerprint density at radius 2 is 1.66 bits per heavy atom. The van der Waals surface area contributed by atoms with E-state index in [4.69, 9.17) is 0 Å². The van der Waals surface area contributed by atoms with Crippen LogP contribution < -0.4 is 16.2 Å². The lowest BCUT2D eigenvalue weighted by Crippen LogP contribution is -2.44. The molecule has 0 aliphatic heterocycles. The monoisotopic (exact) mass is 434 g/mol. The Morgan fingerprint density at radius 3 is 2.25 bits per heavy atom. The fourth-order valence-electron chi connectivity index (χ4n) is 3.14. The number of carboxylic acids is 1. The van der Waals surface area contributed by atoms with Crippen molar-refractivity contribution >= 4 is 23.6 Å². The first-order valence-corrected chi connectivity index (χ1v) is 9.84. The van der Waals surface area contributed by atoms with Crippen LogP contribution in [0.4, 0.5) is 5.82 Å². The molecule has 3 aromatic rings. The summed E-state index contributed by atoms with van der Waals surface area (Å²) in [4.78, 5) is 52.8. The van der Waals surface area contributed by atoms with E-state index in [1.54, 1.807) is 54.6 Å². The number of aliphatic carboxylic acids is 1. The first-order valence-electron chi connectivity index (χ1n) is 9.84. The molecule has 0 fully saturated rings. The summed E-state index contributed by atoms with van der Waals surface area (Å²) in [5.74, 6) is -1.99. The zero-order valence-corrected chi connectivity index (χ0v) is 17.3. The Labute approximate surface area is 183 Å². The van der Waals surface area contributed by atoms with Crippen LogP contribution in [0.15, 0.2) is 71.5 Å². The summed E-state index contributed by atoms with van der Waals surface area (Å²) < 4.78 is 1.14. The standard InChI is InChI=1S/C23H22N4O5/c1-15(28)24-19-13-21(30)27(22(26-19)17-10-6-3-7-11-17)14-20(29)25-18(23(31)32)12-16-8-4-2-5-9-16/h2-11,13,18H,12,14H2,1H3,(H,24,28)(H,25,29)(H,31,32). The first-order chi connectivity index (χ1) is 15.3. The Morgan fingerprint density at radius 1 is 1.03 bits per heavy atom. The van der Waals surface area contributed by atoms with Crippen molar-refractivity contribution < 1.29 is 19.5 Å². The zero-order valence-electron chi connectivity index (χ0n) is 17.3. The highest BCUT2D eigenvalue weighted by Gasteiger charge is 2.22. The fourth-order valence-corrected chi connectivity index (χ4v) is 3.14. The van der Waals surface area contributed by atoms with Crippen molar-refractivity contribution in [3.8, 4) is 11.4 Å². The quantitative estimate of drug-likeness (QED) is 0.495. The highest BCUT2D eigenvalue weighted by molar-refractivity contribution is 5.88. The number of carbonyl (C=O) groups is 3. The van der Waals surface area contributed by atoms with E-state index in [0.29, 0.717) is 5.56 Å². The Bertz CT molecular complexity index is 1180. The molecule has 0 saturated carbocycles. The third-order valence-electron chi connectivity index (χ3n) is 4.56. The lowest BCUT2D eigenvalue weighted by Gasteiger charge is -2.17. The van der Waals surface area contributed by atoms with E-state index in [1.165, 1.54) is 6.92 Å². The topological polar surface area (TPSA) is 130 Å². The zero-order chi connectivity index (χ0) is 23.1. The smallest absolute Gasteiger partial charge is 0.326 e. The number of carbonyl (C=O) groups excluding carboxylic acids is 2. The molecule has 9 nitrogen and oxygen atoms in total. The van der Waals surface area contributed by atoms with Gasteiger partial charge in [0.05, 0.1) is 0 Å². The summed E-state index contributed by atoms with van der Waals surface area (Å²) in [6.45, 7) is 0.858. The minimum atomic E-state index is -1.18. The minimum Gasteiger partial charge on any atom is -0.480 e. The van der Waals surface area contributed by atoms with Gasteiger partial charge in [0.25, 0.3) is 5.56 Å². The molecule has 0 aliphatic carbocycles. The second kappa shape index (κ2) is 10.2. The van der Waals surface area contributed by atoms with Gasteiger partial charge >= 0.3 is 5.97 Å². The normalized spacial score (nSPS) is 11.4. The van der Waals surface area contributed by atoms with Crippen molar-refractivity contribution in [3.05, 3.63) is 82.6 Å². The molecular formula is C23H22N4O5. The van der Waals surface area contributed by atoms with E-state index in [9.17, 15) is 24.3 Å². The molecule has 2 amide bonds. The summed E-state index contributed by atoms with van der Waals surface area (Å²) >= 11 is 0. The van der Waals surface area contributed by atoms with Gasteiger partial charge in [-0.05, 0) is 5.56 Å². The molecule has 1 unspecified atom stereocenters. The van der Waals surface area contributed by atoms with E-state index in [1.807, 2.05) is 6.07 Å². The van der Waals surface area contributed by atoms with E-state index < -0.39 is 35.9 Å². The molecule has 0 spiro atoms. The maximum Gasteiger partial charge on any atom is 0.326 e. The molecule has 164 valence electrons. The second-order valence-corrected chi connectivity index (χ2v) is 7.08. The van der Waals surface area contributed by atoms with Gasteiger partial charge < -0.3 is 15.7 Å². The number of hydrogen-bond donors (Lipinski definition) is 3. The van der Waals surface area contributed by atoms with Gasteiger partial charge in [-0.3, -0.25) is 19.0 Å². The lowest BCUT2D eigenvalue weighted by atomic mass is 10.1. The van der Waals surface area contributed by atoms with E-state index in [-0.39, 0.29) is 18.1 Å². The first kappa shape index (κ1) is 22.4. The molecule has 32 heavy (non-hydrogen) atoms. The van der Waals surface area contributed by atoms with Crippen molar-refractivity contribution in [2.75, 3.05) is 5.32 Å². The molecule has 0 bridgehead atoms. The number of hydrogen-bond acceptors (Lipinski definition) is 5. The van der Waals surface area contributed by atoms with Crippen molar-refractivity contribution in [2.24, 2.45) is 0 Å². The third kappa shape index (κ3) is 5.88. The van der Waals surface area contributed by atoms with E-state index in [0.717, 1.165) is 16.2 Å². The largest absolute Gasteiger partial charge is 0.480 e. The average Bonchev–Trinajstić information content (AvgIpc) is 2.76. The van der Waals surface area contributed by atoms with Crippen LogP contribution in [0.5, 0.6) is 0 Å². The molecule has 0 radical (unpaired) electrons. The molecule has 3 N–H and O–H groups in total. The van der Waals surface area contributed by atoms with Crippen LogP contribution in [0.3, 0.4) is 0 Å². The SMILES string of the molecule is CC(=O)Nc1cc(=O)n(CC(=O)NC(Cc2ccccc2)C(=O)O)c(-c2ccccc2)n1. The van der Waals surface area contributed by atoms with Crippen LogP contribution in [-0.4, -0.2) is 38.5 Å². The van der Waals surface area contributed by atoms with Crippen molar-refractivity contribution in [3.63, 3.8) is 0 Å². The summed E-state index contributed by atoms with van der Waals surface area (Å²) in [5, 5.41) is 14.5. The van der Waals surface area contributed by atoms with Gasteiger partial charge in [-0.15, -0.1) is 0 Å². The number of carboxylic acid groups (broad SMARTS) is 1. The van der Waals surface area contributed by atoms with Crippen LogP contribution in [0, 0.1) is 0 Å². The number of amides is 2. The predicted molar refractivity (Wildman–Crippen MR) is 118 cm³/mol. The lowest BCUT2D eigenvalue weighted by molar-refractivity contribution is -0.141. The minimum absolute atomic E-state index is 0.0606. The molecular weight excluding hydrogens is 412 g/mol. The van der Waals surface area contributed by atoms with Crippen molar-refractivity contribution in [1.29, 1.82) is 0 Å². The van der Waals surface area contributed by atoms with Crippen LogP contribution in [0.25, 0.3) is 11.4 Å². The predicted octanol–water partition coefficient (Wildman–Crippen LogP) is 1.68. The summed E-state index contributed by atoms with van der Waals surface area (Å²) in [6, 6.07) is 17.6. The third-order valence-corrected chi connectivity index (χ3v) is 4.56. The highest BCUT2D eigenvalue weighted by Crippen LogP contribution is 2.17. The Balaban J connectivity index is 1.88. The summed E-state index contributed by atoms with van der Waals surface area (Å²) in [5.41, 5.74) is 0.750. The van der Waals surface area contributed by atoms with E-state index >= 15 is 0 Å². The number of nitrogens with one attached hydrogen (secondary N) is 2. The molecule has 0 aliphatic rings. The van der Waals surface area contributed by atoms with Crippen molar-refractivity contribution in [2.45, 2.75) is 25.9 Å². The van der Waals surface area contributed by atoms with Crippen molar-refractivity contribution in [1.82, 2.24) is 14.9 Å². The number of aromatic nitrogens is 2. The Kier molecular flexibility index (Phi) is 7.12. The van der Waals surface area contributed by atoms with Gasteiger partial charge in [-0.1, -0.05) is 60.7 Å². The molecule has 3 rings (SSSR count). The number of nitrogens with zero attached hydrogens (tertiary/aromatic N) is 2. The summed E-state index contributed by atoms with van der Waals surface area (Å²) in [6.07, 6.45) is 0.0993. The highest BCUT2D eigenvalue weighted by atomic mass is 16.4. The summed E-state index contributed by atoms with van der Waals surface area (Å²) in [7, 11) is 0. The fraction of sp³-hybridized carbons (Fsp3) is 0.174. The molecule has 1 heterocycles. The van der Waals surface area contributed by atoms with Gasteiger partial charge in [0.2, 0.25) is 11.8 Å². The molecule has 9 heteroatoms. The average molecular weight is 434 g/mol.